The summed E-state index contributed by atoms with van der Waals surface area (Å²) in [5.41, 5.74) is 0.101. The van der Waals surface area contributed by atoms with Crippen molar-refractivity contribution in [2.75, 3.05) is 13.7 Å². The van der Waals surface area contributed by atoms with Crippen LogP contribution in [-0.2, 0) is 4.74 Å². The minimum Gasteiger partial charge on any atom is -0.377 e. The van der Waals surface area contributed by atoms with E-state index in [0.717, 1.165) is 24.3 Å². The van der Waals surface area contributed by atoms with Crippen LogP contribution in [0, 0.1) is 17.8 Å². The first kappa shape index (κ1) is 16.3. The van der Waals surface area contributed by atoms with Gasteiger partial charge in [0.2, 0.25) is 0 Å². The first-order valence-electron chi connectivity index (χ1n) is 8.90. The van der Waals surface area contributed by atoms with Crippen LogP contribution in [0.5, 0.6) is 0 Å². The molecule has 2 rings (SSSR count). The van der Waals surface area contributed by atoms with Crippen molar-refractivity contribution in [3.05, 3.63) is 0 Å². The summed E-state index contributed by atoms with van der Waals surface area (Å²) in [5, 5.41) is 3.82. The maximum absolute atomic E-state index is 6.17. The van der Waals surface area contributed by atoms with Gasteiger partial charge in [-0.25, -0.2) is 0 Å². The Kier molecular flexibility index (Phi) is 5.92. The number of hydrogen-bond donors (Lipinski definition) is 1. The fourth-order valence-corrected chi connectivity index (χ4v) is 4.68. The molecule has 2 heteroatoms. The summed E-state index contributed by atoms with van der Waals surface area (Å²) >= 11 is 0. The van der Waals surface area contributed by atoms with Gasteiger partial charge >= 0.3 is 0 Å². The summed E-state index contributed by atoms with van der Waals surface area (Å²) in [6.45, 7) is 8.13. The number of rotatable bonds is 5. The lowest BCUT2D eigenvalue weighted by Crippen LogP contribution is -2.58. The molecule has 0 aromatic heterocycles. The lowest BCUT2D eigenvalue weighted by Gasteiger charge is -2.48. The molecule has 0 aliphatic heterocycles. The zero-order valence-corrected chi connectivity index (χ0v) is 14.1. The molecule has 0 aromatic carbocycles. The third-order valence-corrected chi connectivity index (χ3v) is 5.97. The molecule has 1 N–H and O–H groups in total. The lowest BCUT2D eigenvalue weighted by molar-refractivity contribution is -0.0929. The minimum atomic E-state index is 0.101. The highest BCUT2D eigenvalue weighted by Crippen LogP contribution is 2.43. The van der Waals surface area contributed by atoms with Crippen LogP contribution in [0.1, 0.15) is 72.1 Å². The predicted octanol–water partition coefficient (Wildman–Crippen LogP) is 4.39. The Bertz CT molecular complexity index is 283. The van der Waals surface area contributed by atoms with E-state index in [4.69, 9.17) is 4.74 Å². The molecule has 0 heterocycles. The van der Waals surface area contributed by atoms with Crippen molar-refractivity contribution in [1.29, 1.82) is 0 Å². The molecule has 0 spiro atoms. The van der Waals surface area contributed by atoms with Gasteiger partial charge in [-0.05, 0) is 62.8 Å². The fraction of sp³-hybridized carbons (Fsp3) is 1.00. The standard InChI is InChI=1S/C18H35NO/c1-5-19-17(16-8-6-7-15(3)13-16)18(20-4)11-9-14(2)10-12-18/h14-17,19H,5-13H2,1-4H3. The largest absolute Gasteiger partial charge is 0.377 e. The molecule has 2 aliphatic rings. The molecule has 3 unspecified atom stereocenters. The van der Waals surface area contributed by atoms with E-state index in [2.05, 4.69) is 26.1 Å². The number of methoxy groups -OCH3 is 1. The molecule has 118 valence electrons. The second-order valence-corrected chi connectivity index (χ2v) is 7.52. The lowest BCUT2D eigenvalue weighted by atomic mass is 9.67. The topological polar surface area (TPSA) is 21.3 Å². The van der Waals surface area contributed by atoms with Gasteiger partial charge in [-0.1, -0.05) is 33.6 Å². The number of likely N-dealkylation sites (N-methyl/N-ethyl adjacent to an activating group) is 1. The average Bonchev–Trinajstić information content (AvgIpc) is 2.46. The molecule has 2 aliphatic carbocycles. The van der Waals surface area contributed by atoms with Gasteiger partial charge < -0.3 is 10.1 Å². The van der Waals surface area contributed by atoms with Crippen LogP contribution in [0.15, 0.2) is 0 Å². The van der Waals surface area contributed by atoms with Crippen molar-refractivity contribution in [3.63, 3.8) is 0 Å². The Labute approximate surface area is 126 Å². The molecule has 0 amide bonds. The Morgan fingerprint density at radius 1 is 1.10 bits per heavy atom. The van der Waals surface area contributed by atoms with Gasteiger partial charge in [0.1, 0.15) is 0 Å². The third kappa shape index (κ3) is 3.57. The highest BCUT2D eigenvalue weighted by molar-refractivity contribution is 5.00. The molecular formula is C18H35NO. The zero-order chi connectivity index (χ0) is 14.6. The maximum atomic E-state index is 6.17. The highest BCUT2D eigenvalue weighted by Gasteiger charge is 2.45. The highest BCUT2D eigenvalue weighted by atomic mass is 16.5. The van der Waals surface area contributed by atoms with E-state index in [9.17, 15) is 0 Å². The summed E-state index contributed by atoms with van der Waals surface area (Å²) in [6, 6.07) is 0.563. The van der Waals surface area contributed by atoms with Crippen LogP contribution in [-0.4, -0.2) is 25.3 Å². The molecule has 20 heavy (non-hydrogen) atoms. The maximum Gasteiger partial charge on any atom is 0.0833 e. The van der Waals surface area contributed by atoms with Crippen LogP contribution in [0.3, 0.4) is 0 Å². The first-order valence-corrected chi connectivity index (χ1v) is 8.90. The molecule has 3 atom stereocenters. The van der Waals surface area contributed by atoms with Crippen molar-refractivity contribution < 1.29 is 4.74 Å². The van der Waals surface area contributed by atoms with Crippen molar-refractivity contribution >= 4 is 0 Å². The van der Waals surface area contributed by atoms with Crippen LogP contribution in [0.4, 0.5) is 0 Å². The minimum absolute atomic E-state index is 0.101. The fourth-order valence-electron chi connectivity index (χ4n) is 4.68. The van der Waals surface area contributed by atoms with Crippen molar-refractivity contribution in [1.82, 2.24) is 5.32 Å². The van der Waals surface area contributed by atoms with E-state index in [1.807, 2.05) is 7.11 Å². The van der Waals surface area contributed by atoms with Crippen LogP contribution in [0.25, 0.3) is 0 Å². The average molecular weight is 281 g/mol. The van der Waals surface area contributed by atoms with Gasteiger partial charge in [0, 0.05) is 13.2 Å². The Morgan fingerprint density at radius 2 is 1.80 bits per heavy atom. The summed E-state index contributed by atoms with van der Waals surface area (Å²) in [6.07, 6.45) is 10.8. The third-order valence-electron chi connectivity index (χ3n) is 5.97. The number of hydrogen-bond acceptors (Lipinski definition) is 2. The monoisotopic (exact) mass is 281 g/mol. The quantitative estimate of drug-likeness (QED) is 0.807. The van der Waals surface area contributed by atoms with Gasteiger partial charge in [0.25, 0.3) is 0 Å². The Balaban J connectivity index is 2.12. The van der Waals surface area contributed by atoms with E-state index in [-0.39, 0.29) is 5.60 Å². The Morgan fingerprint density at radius 3 is 2.35 bits per heavy atom. The van der Waals surface area contributed by atoms with E-state index >= 15 is 0 Å². The van der Waals surface area contributed by atoms with Crippen LogP contribution >= 0.6 is 0 Å². The van der Waals surface area contributed by atoms with Crippen molar-refractivity contribution in [2.45, 2.75) is 83.8 Å². The van der Waals surface area contributed by atoms with E-state index < -0.39 is 0 Å². The summed E-state index contributed by atoms with van der Waals surface area (Å²) in [4.78, 5) is 0. The normalized spacial score (nSPS) is 40.5. The number of nitrogens with one attached hydrogen (secondary N) is 1. The molecule has 2 nitrogen and oxygen atoms in total. The SMILES string of the molecule is CCNC(C1CCCC(C)C1)C1(OC)CCC(C)CC1. The van der Waals surface area contributed by atoms with Gasteiger partial charge in [-0.2, -0.15) is 0 Å². The summed E-state index contributed by atoms with van der Waals surface area (Å²) in [7, 11) is 1.95. The van der Waals surface area contributed by atoms with Crippen LogP contribution < -0.4 is 5.32 Å². The van der Waals surface area contributed by atoms with E-state index in [1.54, 1.807) is 0 Å². The van der Waals surface area contributed by atoms with Crippen molar-refractivity contribution in [3.8, 4) is 0 Å². The van der Waals surface area contributed by atoms with E-state index in [0.29, 0.717) is 6.04 Å². The van der Waals surface area contributed by atoms with Gasteiger partial charge in [0.05, 0.1) is 5.60 Å². The van der Waals surface area contributed by atoms with E-state index in [1.165, 1.54) is 51.4 Å². The van der Waals surface area contributed by atoms with Gasteiger partial charge in [0.15, 0.2) is 0 Å². The molecule has 0 bridgehead atoms. The first-order chi connectivity index (χ1) is 9.61. The summed E-state index contributed by atoms with van der Waals surface area (Å²) in [5.74, 6) is 2.59. The zero-order valence-electron chi connectivity index (χ0n) is 14.1. The van der Waals surface area contributed by atoms with Crippen LogP contribution in [0.2, 0.25) is 0 Å². The predicted molar refractivity (Wildman–Crippen MR) is 86.0 cm³/mol. The molecule has 0 radical (unpaired) electrons. The molecule has 0 aromatic rings. The summed E-state index contributed by atoms with van der Waals surface area (Å²) < 4.78 is 6.17. The second kappa shape index (κ2) is 7.26. The Hall–Kier alpha value is -0.0800. The second-order valence-electron chi connectivity index (χ2n) is 7.52. The van der Waals surface area contributed by atoms with Crippen molar-refractivity contribution in [2.24, 2.45) is 17.8 Å². The number of ether oxygens (including phenoxy) is 1. The molecule has 0 saturated heterocycles. The molecule has 2 fully saturated rings. The van der Waals surface area contributed by atoms with Gasteiger partial charge in [-0.15, -0.1) is 0 Å². The van der Waals surface area contributed by atoms with Gasteiger partial charge in [-0.3, -0.25) is 0 Å². The smallest absolute Gasteiger partial charge is 0.0833 e. The molecule has 2 saturated carbocycles. The molecular weight excluding hydrogens is 246 g/mol.